The second-order valence-electron chi connectivity index (χ2n) is 8.94. The molecule has 0 radical (unpaired) electrons. The van der Waals surface area contributed by atoms with Crippen molar-refractivity contribution >= 4 is 40.7 Å². The molecule has 2 N–H and O–H groups in total. The summed E-state index contributed by atoms with van der Waals surface area (Å²) in [5.41, 5.74) is 6.13. The number of anilines is 2. The number of likely N-dealkylation sites (N-methyl/N-ethyl adjacent to an activating group) is 1. The number of fused-ring (bicyclic) bond motifs is 2. The third-order valence-corrected chi connectivity index (χ3v) is 6.35. The van der Waals surface area contributed by atoms with Crippen LogP contribution in [0.1, 0.15) is 27.9 Å². The SMILES string of the molecule is CN(CCCN1c2ccccc2CCc2ccccc21)CC(=O)c1ccc(Cl)cc1.O=C(O)/C=C\C(=O)O. The van der Waals surface area contributed by atoms with E-state index in [9.17, 15) is 14.4 Å². The number of aliphatic carboxylic acids is 2. The van der Waals surface area contributed by atoms with Gasteiger partial charge in [0, 0.05) is 47.2 Å². The van der Waals surface area contributed by atoms with Gasteiger partial charge in [0.2, 0.25) is 0 Å². The van der Waals surface area contributed by atoms with Crippen LogP contribution in [-0.4, -0.2) is 59.5 Å². The second-order valence-corrected chi connectivity index (χ2v) is 9.38. The average Bonchev–Trinajstić information content (AvgIpc) is 3.05. The maximum Gasteiger partial charge on any atom is 0.328 e. The number of carbonyl (C=O) groups is 3. The molecule has 3 aromatic carbocycles. The van der Waals surface area contributed by atoms with Crippen molar-refractivity contribution in [3.05, 3.63) is 107 Å². The van der Waals surface area contributed by atoms with Gasteiger partial charge < -0.3 is 15.1 Å². The first-order valence-corrected chi connectivity index (χ1v) is 12.7. The van der Waals surface area contributed by atoms with E-state index < -0.39 is 11.9 Å². The van der Waals surface area contributed by atoms with Gasteiger partial charge in [0.1, 0.15) is 0 Å². The van der Waals surface area contributed by atoms with Crippen LogP contribution in [-0.2, 0) is 22.4 Å². The highest BCUT2D eigenvalue weighted by Crippen LogP contribution is 2.35. The zero-order valence-electron chi connectivity index (χ0n) is 21.2. The van der Waals surface area contributed by atoms with Crippen molar-refractivity contribution in [3.63, 3.8) is 0 Å². The normalized spacial score (nSPS) is 12.2. The quantitative estimate of drug-likeness (QED) is 0.276. The van der Waals surface area contributed by atoms with Crippen molar-refractivity contribution in [1.29, 1.82) is 0 Å². The molecule has 198 valence electrons. The number of nitrogens with zero attached hydrogens (tertiary/aromatic N) is 2. The Hall–Kier alpha value is -3.94. The minimum atomic E-state index is -1.26. The fourth-order valence-electron chi connectivity index (χ4n) is 4.30. The zero-order chi connectivity index (χ0) is 27.5. The van der Waals surface area contributed by atoms with Crippen LogP contribution in [0, 0.1) is 0 Å². The van der Waals surface area contributed by atoms with Crippen molar-refractivity contribution in [2.75, 3.05) is 31.6 Å². The van der Waals surface area contributed by atoms with Gasteiger partial charge in [-0.2, -0.15) is 0 Å². The molecule has 0 atom stereocenters. The Morgan fingerprint density at radius 2 is 1.34 bits per heavy atom. The molecule has 7 nitrogen and oxygen atoms in total. The lowest BCUT2D eigenvalue weighted by Gasteiger charge is -2.28. The molecule has 0 unspecified atom stereocenters. The summed E-state index contributed by atoms with van der Waals surface area (Å²) in [4.78, 5) is 36.2. The first kappa shape index (κ1) is 28.6. The van der Waals surface area contributed by atoms with Gasteiger partial charge in [-0.3, -0.25) is 9.69 Å². The Kier molecular flexibility index (Phi) is 10.6. The van der Waals surface area contributed by atoms with Gasteiger partial charge in [-0.05, 0) is 73.8 Å². The Bertz CT molecular complexity index is 1230. The van der Waals surface area contributed by atoms with Gasteiger partial charge in [0.25, 0.3) is 0 Å². The van der Waals surface area contributed by atoms with Crippen LogP contribution in [0.2, 0.25) is 5.02 Å². The number of halogens is 1. The lowest BCUT2D eigenvalue weighted by Crippen LogP contribution is -2.29. The Balaban J connectivity index is 0.000000436. The van der Waals surface area contributed by atoms with E-state index in [-0.39, 0.29) is 5.78 Å². The lowest BCUT2D eigenvalue weighted by molar-refractivity contribution is -0.134. The molecule has 1 heterocycles. The molecule has 0 aromatic heterocycles. The minimum Gasteiger partial charge on any atom is -0.478 e. The summed E-state index contributed by atoms with van der Waals surface area (Å²) in [7, 11) is 2.01. The molecule has 1 aliphatic heterocycles. The van der Waals surface area contributed by atoms with E-state index >= 15 is 0 Å². The number of Topliss-reactive ketones (excluding diaryl/α,β-unsaturated/α-hetero) is 1. The van der Waals surface area contributed by atoms with E-state index in [0.717, 1.165) is 32.4 Å². The number of carboxylic acid groups (broad SMARTS) is 2. The molecule has 0 spiro atoms. The van der Waals surface area contributed by atoms with Crippen LogP contribution in [0.4, 0.5) is 11.4 Å². The Morgan fingerprint density at radius 3 is 1.84 bits per heavy atom. The number of hydrogen-bond acceptors (Lipinski definition) is 5. The number of carboxylic acids is 2. The lowest BCUT2D eigenvalue weighted by atomic mass is 10.0. The van der Waals surface area contributed by atoms with Gasteiger partial charge in [-0.1, -0.05) is 48.0 Å². The van der Waals surface area contributed by atoms with Gasteiger partial charge in [-0.15, -0.1) is 0 Å². The van der Waals surface area contributed by atoms with Crippen LogP contribution < -0.4 is 4.90 Å². The van der Waals surface area contributed by atoms with Gasteiger partial charge in [0.05, 0.1) is 6.54 Å². The topological polar surface area (TPSA) is 98.2 Å². The third-order valence-electron chi connectivity index (χ3n) is 6.10. The van der Waals surface area contributed by atoms with E-state index in [0.29, 0.717) is 29.3 Å². The summed E-state index contributed by atoms with van der Waals surface area (Å²) in [5.74, 6) is -2.39. The Morgan fingerprint density at radius 1 is 0.842 bits per heavy atom. The molecule has 0 fully saturated rings. The van der Waals surface area contributed by atoms with Crippen molar-refractivity contribution in [3.8, 4) is 0 Å². The highest BCUT2D eigenvalue weighted by atomic mass is 35.5. The number of rotatable bonds is 9. The molecule has 0 aliphatic carbocycles. The number of carbonyl (C=O) groups excluding carboxylic acids is 1. The van der Waals surface area contributed by atoms with Crippen molar-refractivity contribution < 1.29 is 24.6 Å². The molecule has 4 rings (SSSR count). The van der Waals surface area contributed by atoms with Crippen LogP contribution in [0.25, 0.3) is 0 Å². The van der Waals surface area contributed by atoms with Gasteiger partial charge in [-0.25, -0.2) is 9.59 Å². The number of para-hydroxylation sites is 2. The molecule has 0 saturated carbocycles. The van der Waals surface area contributed by atoms with E-state index in [1.165, 1.54) is 22.5 Å². The first-order valence-electron chi connectivity index (χ1n) is 12.3. The summed E-state index contributed by atoms with van der Waals surface area (Å²) in [5, 5.41) is 16.3. The Labute approximate surface area is 227 Å². The monoisotopic (exact) mass is 534 g/mol. The summed E-state index contributed by atoms with van der Waals surface area (Å²) >= 11 is 5.92. The van der Waals surface area contributed by atoms with E-state index in [1.807, 2.05) is 7.05 Å². The van der Waals surface area contributed by atoms with Crippen molar-refractivity contribution in [1.82, 2.24) is 4.90 Å². The van der Waals surface area contributed by atoms with Crippen molar-refractivity contribution in [2.45, 2.75) is 19.3 Å². The fourth-order valence-corrected chi connectivity index (χ4v) is 4.43. The maximum absolute atomic E-state index is 12.5. The largest absolute Gasteiger partial charge is 0.478 e. The molecule has 38 heavy (non-hydrogen) atoms. The van der Waals surface area contributed by atoms with Crippen LogP contribution in [0.15, 0.2) is 84.9 Å². The molecule has 0 amide bonds. The summed E-state index contributed by atoms with van der Waals surface area (Å²) < 4.78 is 0. The summed E-state index contributed by atoms with van der Waals surface area (Å²) in [6, 6.07) is 24.6. The predicted octanol–water partition coefficient (Wildman–Crippen LogP) is 5.49. The number of hydrogen-bond donors (Lipinski definition) is 2. The highest BCUT2D eigenvalue weighted by molar-refractivity contribution is 6.30. The van der Waals surface area contributed by atoms with E-state index in [2.05, 4.69) is 58.3 Å². The first-order chi connectivity index (χ1) is 18.2. The van der Waals surface area contributed by atoms with Gasteiger partial charge in [0.15, 0.2) is 5.78 Å². The molecule has 0 bridgehead atoms. The molecular formula is C30H31ClN2O5. The third kappa shape index (κ3) is 8.57. The van der Waals surface area contributed by atoms with Crippen LogP contribution in [0.3, 0.4) is 0 Å². The maximum atomic E-state index is 12.5. The van der Waals surface area contributed by atoms with Crippen molar-refractivity contribution in [2.24, 2.45) is 0 Å². The molecule has 1 aliphatic rings. The molecule has 3 aromatic rings. The fraction of sp³-hybridized carbons (Fsp3) is 0.233. The highest BCUT2D eigenvalue weighted by Gasteiger charge is 2.20. The zero-order valence-corrected chi connectivity index (χ0v) is 22.0. The number of ketones is 1. The molecule has 0 saturated heterocycles. The van der Waals surface area contributed by atoms with E-state index in [1.54, 1.807) is 24.3 Å². The molecule has 8 heteroatoms. The van der Waals surface area contributed by atoms with Gasteiger partial charge >= 0.3 is 11.9 Å². The number of benzene rings is 3. The second kappa shape index (κ2) is 14.1. The van der Waals surface area contributed by atoms with Crippen LogP contribution in [0.5, 0.6) is 0 Å². The average molecular weight is 535 g/mol. The minimum absolute atomic E-state index is 0.125. The van der Waals surface area contributed by atoms with E-state index in [4.69, 9.17) is 21.8 Å². The predicted molar refractivity (Wildman–Crippen MR) is 150 cm³/mol. The van der Waals surface area contributed by atoms with Crippen LogP contribution >= 0.6 is 11.6 Å². The molecular weight excluding hydrogens is 504 g/mol. The smallest absolute Gasteiger partial charge is 0.328 e. The number of aryl methyl sites for hydroxylation is 2. The standard InChI is InChI=1S/C26H27ClN2O.C4H4O4/c1-28(19-26(30)22-13-15-23(27)16-14-22)17-6-18-29-24-9-4-2-7-20(24)11-12-21-8-3-5-10-25(21)29;5-3(6)1-2-4(7)8/h2-5,7-10,13-16H,6,11-12,17-19H2,1H3;1-2H,(H,5,6)(H,7,8)/b;2-1-. The summed E-state index contributed by atoms with van der Waals surface area (Å²) in [6.45, 7) is 2.20. The summed E-state index contributed by atoms with van der Waals surface area (Å²) in [6.07, 6.45) is 4.23.